The number of halogens is 1. The number of ether oxygens (including phenoxy) is 1. The van der Waals surface area contributed by atoms with Gasteiger partial charge >= 0.3 is 0 Å². The van der Waals surface area contributed by atoms with E-state index in [1.165, 1.54) is 0 Å². The summed E-state index contributed by atoms with van der Waals surface area (Å²) in [6, 6.07) is 2.02. The van der Waals surface area contributed by atoms with E-state index in [1.54, 1.807) is 4.90 Å². The Labute approximate surface area is 110 Å². The molecule has 1 saturated heterocycles. The number of rotatable bonds is 2. The van der Waals surface area contributed by atoms with Crippen LogP contribution in [-0.2, 0) is 11.8 Å². The minimum atomic E-state index is 0.0422. The van der Waals surface area contributed by atoms with Crippen molar-refractivity contribution in [3.8, 4) is 0 Å². The van der Waals surface area contributed by atoms with Crippen molar-refractivity contribution in [1.82, 2.24) is 9.47 Å². The fourth-order valence-electron chi connectivity index (χ4n) is 2.30. The lowest BCUT2D eigenvalue weighted by Crippen LogP contribution is -2.41. The summed E-state index contributed by atoms with van der Waals surface area (Å²) in [7, 11) is 3.72. The van der Waals surface area contributed by atoms with E-state index >= 15 is 0 Å². The van der Waals surface area contributed by atoms with E-state index in [2.05, 4.69) is 15.9 Å². The summed E-state index contributed by atoms with van der Waals surface area (Å²) in [6.07, 6.45) is 2.91. The molecule has 5 heteroatoms. The summed E-state index contributed by atoms with van der Waals surface area (Å²) >= 11 is 3.38. The molecule has 1 amide bonds. The number of hydrogen-bond donors (Lipinski definition) is 0. The largest absolute Gasteiger partial charge is 0.376 e. The Morgan fingerprint density at radius 2 is 2.35 bits per heavy atom. The zero-order chi connectivity index (χ0) is 12.6. The van der Waals surface area contributed by atoms with Gasteiger partial charge in [0.2, 0.25) is 0 Å². The maximum Gasteiger partial charge on any atom is 0.270 e. The van der Waals surface area contributed by atoms with Crippen LogP contribution in [0.15, 0.2) is 16.7 Å². The van der Waals surface area contributed by atoms with Crippen LogP contribution in [0.4, 0.5) is 0 Å². The molecular formula is C12H17BrN2O2. The molecule has 0 aromatic carbocycles. The number of carbonyl (C=O) groups is 1. The molecule has 1 aromatic rings. The van der Waals surface area contributed by atoms with E-state index in [4.69, 9.17) is 4.74 Å². The van der Waals surface area contributed by atoms with Gasteiger partial charge in [0, 0.05) is 31.4 Å². The lowest BCUT2D eigenvalue weighted by Gasteiger charge is -2.26. The van der Waals surface area contributed by atoms with E-state index in [0.717, 1.165) is 17.5 Å². The predicted molar refractivity (Wildman–Crippen MR) is 69.0 cm³/mol. The molecule has 0 saturated carbocycles. The van der Waals surface area contributed by atoms with Gasteiger partial charge in [0.15, 0.2) is 0 Å². The maximum absolute atomic E-state index is 12.3. The lowest BCUT2D eigenvalue weighted by molar-refractivity contribution is 0.0567. The highest BCUT2D eigenvalue weighted by Gasteiger charge is 2.31. The molecule has 1 aliphatic heterocycles. The first-order valence-corrected chi connectivity index (χ1v) is 6.50. The molecule has 0 spiro atoms. The van der Waals surface area contributed by atoms with Gasteiger partial charge in [-0.15, -0.1) is 0 Å². The Bertz CT molecular complexity index is 430. The van der Waals surface area contributed by atoms with Crippen molar-refractivity contribution in [3.05, 3.63) is 22.4 Å². The first kappa shape index (κ1) is 12.6. The van der Waals surface area contributed by atoms with E-state index in [9.17, 15) is 4.79 Å². The van der Waals surface area contributed by atoms with E-state index in [0.29, 0.717) is 5.69 Å². The van der Waals surface area contributed by atoms with Gasteiger partial charge < -0.3 is 14.2 Å². The van der Waals surface area contributed by atoms with E-state index in [-0.39, 0.29) is 18.1 Å². The van der Waals surface area contributed by atoms with Crippen LogP contribution in [0.1, 0.15) is 23.8 Å². The van der Waals surface area contributed by atoms with Crippen molar-refractivity contribution >= 4 is 21.8 Å². The van der Waals surface area contributed by atoms with Crippen LogP contribution in [-0.4, -0.2) is 41.2 Å². The van der Waals surface area contributed by atoms with Gasteiger partial charge in [-0.1, -0.05) is 0 Å². The second-order valence-corrected chi connectivity index (χ2v) is 5.42. The van der Waals surface area contributed by atoms with Crippen LogP contribution < -0.4 is 0 Å². The Hall–Kier alpha value is -0.810. The summed E-state index contributed by atoms with van der Waals surface area (Å²) in [5.74, 6) is 0.0422. The summed E-state index contributed by atoms with van der Waals surface area (Å²) < 4.78 is 8.26. The average Bonchev–Trinajstić information content (AvgIpc) is 2.82. The molecule has 1 aromatic heterocycles. The SMILES string of the molecule is CC1OCCC1N(C)C(=O)c1cc(Br)cn1C. The Morgan fingerprint density at radius 3 is 2.82 bits per heavy atom. The molecule has 1 fully saturated rings. The number of aryl methyl sites for hydroxylation is 1. The predicted octanol–water partition coefficient (Wildman–Crippen LogP) is 2.04. The van der Waals surface area contributed by atoms with Crippen LogP contribution in [0.3, 0.4) is 0 Å². The summed E-state index contributed by atoms with van der Waals surface area (Å²) in [5, 5.41) is 0. The molecule has 0 radical (unpaired) electrons. The third-order valence-corrected chi connectivity index (χ3v) is 3.78. The van der Waals surface area contributed by atoms with Crippen LogP contribution in [0.5, 0.6) is 0 Å². The van der Waals surface area contributed by atoms with Crippen molar-refractivity contribution in [2.75, 3.05) is 13.7 Å². The summed E-state index contributed by atoms with van der Waals surface area (Å²) in [6.45, 7) is 2.75. The van der Waals surface area contributed by atoms with Crippen molar-refractivity contribution < 1.29 is 9.53 Å². The standard InChI is InChI=1S/C12H17BrN2O2/c1-8-10(4-5-17-8)15(3)12(16)11-6-9(13)7-14(11)2/h6-8,10H,4-5H2,1-3H3. The second-order valence-electron chi connectivity index (χ2n) is 4.50. The molecule has 2 rings (SSSR count). The minimum absolute atomic E-state index is 0.0422. The fourth-order valence-corrected chi connectivity index (χ4v) is 2.82. The number of carbonyl (C=O) groups excluding carboxylic acids is 1. The molecule has 1 aliphatic rings. The Morgan fingerprint density at radius 1 is 1.65 bits per heavy atom. The van der Waals surface area contributed by atoms with E-state index in [1.807, 2.05) is 37.8 Å². The fraction of sp³-hybridized carbons (Fsp3) is 0.583. The van der Waals surface area contributed by atoms with Gasteiger partial charge in [-0.05, 0) is 35.3 Å². The lowest BCUT2D eigenvalue weighted by atomic mass is 10.1. The first-order chi connectivity index (χ1) is 8.00. The molecular weight excluding hydrogens is 284 g/mol. The van der Waals surface area contributed by atoms with Gasteiger partial charge in [-0.3, -0.25) is 4.79 Å². The number of amides is 1. The molecule has 94 valence electrons. The second kappa shape index (κ2) is 4.82. The molecule has 4 nitrogen and oxygen atoms in total. The topological polar surface area (TPSA) is 34.5 Å². The monoisotopic (exact) mass is 300 g/mol. The molecule has 17 heavy (non-hydrogen) atoms. The number of likely N-dealkylation sites (N-methyl/N-ethyl adjacent to an activating group) is 1. The van der Waals surface area contributed by atoms with Gasteiger partial charge in [-0.25, -0.2) is 0 Å². The van der Waals surface area contributed by atoms with E-state index < -0.39 is 0 Å². The molecule has 2 heterocycles. The highest BCUT2D eigenvalue weighted by Crippen LogP contribution is 2.21. The molecule has 0 N–H and O–H groups in total. The Balaban J connectivity index is 2.17. The van der Waals surface area contributed by atoms with Gasteiger partial charge in [0.25, 0.3) is 5.91 Å². The van der Waals surface area contributed by atoms with Crippen molar-refractivity contribution in [2.24, 2.45) is 7.05 Å². The third-order valence-electron chi connectivity index (χ3n) is 3.34. The van der Waals surface area contributed by atoms with Crippen molar-refractivity contribution in [1.29, 1.82) is 0 Å². The zero-order valence-corrected chi connectivity index (χ0v) is 11.9. The molecule has 0 bridgehead atoms. The van der Waals surface area contributed by atoms with Gasteiger partial charge in [-0.2, -0.15) is 0 Å². The average molecular weight is 301 g/mol. The minimum Gasteiger partial charge on any atom is -0.376 e. The highest BCUT2D eigenvalue weighted by atomic mass is 79.9. The quantitative estimate of drug-likeness (QED) is 0.838. The smallest absolute Gasteiger partial charge is 0.270 e. The van der Waals surface area contributed by atoms with Crippen LogP contribution in [0.2, 0.25) is 0 Å². The number of aromatic nitrogens is 1. The van der Waals surface area contributed by atoms with Crippen molar-refractivity contribution in [2.45, 2.75) is 25.5 Å². The van der Waals surface area contributed by atoms with Crippen LogP contribution in [0, 0.1) is 0 Å². The zero-order valence-electron chi connectivity index (χ0n) is 10.3. The Kier molecular flexibility index (Phi) is 3.58. The summed E-state index contributed by atoms with van der Waals surface area (Å²) in [5.41, 5.74) is 0.693. The van der Waals surface area contributed by atoms with Crippen LogP contribution >= 0.6 is 15.9 Å². The van der Waals surface area contributed by atoms with Gasteiger partial charge in [0.1, 0.15) is 5.69 Å². The summed E-state index contributed by atoms with van der Waals surface area (Å²) in [4.78, 5) is 14.1. The number of nitrogens with zero attached hydrogens (tertiary/aromatic N) is 2. The molecule has 2 atom stereocenters. The third kappa shape index (κ3) is 2.40. The first-order valence-electron chi connectivity index (χ1n) is 5.71. The highest BCUT2D eigenvalue weighted by molar-refractivity contribution is 9.10. The normalized spacial score (nSPS) is 24.0. The maximum atomic E-state index is 12.3. The van der Waals surface area contributed by atoms with Crippen molar-refractivity contribution in [3.63, 3.8) is 0 Å². The van der Waals surface area contributed by atoms with Crippen LogP contribution in [0.25, 0.3) is 0 Å². The number of hydrogen-bond acceptors (Lipinski definition) is 2. The van der Waals surface area contributed by atoms with Gasteiger partial charge in [0.05, 0.1) is 12.1 Å². The molecule has 0 aliphatic carbocycles. The molecule has 2 unspecified atom stereocenters.